The second kappa shape index (κ2) is 4.48. The Bertz CT molecular complexity index is 816. The summed E-state index contributed by atoms with van der Waals surface area (Å²) in [5.74, 6) is 1.93. The Morgan fingerprint density at radius 3 is 2.57 bits per heavy atom. The van der Waals surface area contributed by atoms with Crippen molar-refractivity contribution in [1.29, 1.82) is 0 Å². The second-order valence-corrected chi connectivity index (χ2v) is 5.33. The van der Waals surface area contributed by atoms with Gasteiger partial charge in [-0.15, -0.1) is 0 Å². The molecule has 4 rings (SSSR count). The normalized spacial score (nSPS) is 12.1. The van der Waals surface area contributed by atoms with Crippen LogP contribution in [0.5, 0.6) is 5.75 Å². The summed E-state index contributed by atoms with van der Waals surface area (Å²) >= 11 is 0. The highest BCUT2D eigenvalue weighted by Crippen LogP contribution is 2.39. The fourth-order valence-corrected chi connectivity index (χ4v) is 3.04. The van der Waals surface area contributed by atoms with E-state index in [1.54, 1.807) is 7.11 Å². The van der Waals surface area contributed by atoms with Gasteiger partial charge in [-0.1, -0.05) is 24.3 Å². The third-order valence-electron chi connectivity index (χ3n) is 4.12. The summed E-state index contributed by atoms with van der Waals surface area (Å²) in [6.45, 7) is 2.99. The molecule has 0 saturated heterocycles. The van der Waals surface area contributed by atoms with Crippen LogP contribution < -0.4 is 4.74 Å². The summed E-state index contributed by atoms with van der Waals surface area (Å²) in [5, 5.41) is 0. The van der Waals surface area contributed by atoms with Gasteiger partial charge in [-0.3, -0.25) is 0 Å². The lowest BCUT2D eigenvalue weighted by molar-refractivity contribution is 0.415. The van der Waals surface area contributed by atoms with Crippen LogP contribution in [-0.4, -0.2) is 16.7 Å². The largest absolute Gasteiger partial charge is 0.497 e. The number of hydrogen-bond acceptors (Lipinski definition) is 2. The van der Waals surface area contributed by atoms with E-state index in [0.29, 0.717) is 0 Å². The summed E-state index contributed by atoms with van der Waals surface area (Å²) < 4.78 is 7.53. The molecule has 0 N–H and O–H groups in total. The maximum Gasteiger partial charge on any atom is 0.118 e. The Hall–Kier alpha value is -2.55. The highest BCUT2D eigenvalue weighted by atomic mass is 16.5. The number of fused-ring (bicyclic) bond motifs is 3. The molecule has 0 unspecified atom stereocenters. The van der Waals surface area contributed by atoms with Gasteiger partial charge in [0.15, 0.2) is 0 Å². The SMILES string of the molecule is COc1ccc(-c2nc(C)n3c2-c2ccccc2C3)cc1. The third kappa shape index (κ3) is 1.77. The number of nitrogens with zero attached hydrogens (tertiary/aromatic N) is 2. The Kier molecular flexibility index (Phi) is 2.61. The Balaban J connectivity index is 1.91. The van der Waals surface area contributed by atoms with Crippen LogP contribution in [0.2, 0.25) is 0 Å². The van der Waals surface area contributed by atoms with Gasteiger partial charge in [0.25, 0.3) is 0 Å². The molecule has 2 aromatic carbocycles. The fourth-order valence-electron chi connectivity index (χ4n) is 3.04. The lowest BCUT2D eigenvalue weighted by atomic mass is 10.0. The first-order chi connectivity index (χ1) is 10.3. The highest BCUT2D eigenvalue weighted by molar-refractivity contribution is 5.83. The molecular weight excluding hydrogens is 260 g/mol. The molecular formula is C18H16N2O. The summed E-state index contributed by atoms with van der Waals surface area (Å²) in [5.41, 5.74) is 6.08. The Morgan fingerprint density at radius 2 is 1.81 bits per heavy atom. The van der Waals surface area contributed by atoms with Crippen LogP contribution in [0.15, 0.2) is 48.5 Å². The molecule has 3 aromatic rings. The smallest absolute Gasteiger partial charge is 0.118 e. The van der Waals surface area contributed by atoms with Gasteiger partial charge in [0.2, 0.25) is 0 Å². The number of methoxy groups -OCH3 is 1. The van der Waals surface area contributed by atoms with E-state index in [0.717, 1.165) is 29.4 Å². The first kappa shape index (κ1) is 12.2. The summed E-state index contributed by atoms with van der Waals surface area (Å²) in [7, 11) is 1.68. The van der Waals surface area contributed by atoms with Crippen LogP contribution in [0, 0.1) is 6.92 Å². The maximum atomic E-state index is 5.23. The number of benzene rings is 2. The molecule has 3 nitrogen and oxygen atoms in total. The van der Waals surface area contributed by atoms with E-state index in [2.05, 4.69) is 47.9 Å². The molecule has 1 aromatic heterocycles. The first-order valence-electron chi connectivity index (χ1n) is 7.08. The molecule has 1 aliphatic heterocycles. The number of rotatable bonds is 2. The van der Waals surface area contributed by atoms with Gasteiger partial charge in [-0.25, -0.2) is 4.98 Å². The molecule has 0 aliphatic carbocycles. The molecule has 0 spiro atoms. The molecule has 104 valence electrons. The van der Waals surface area contributed by atoms with E-state index in [9.17, 15) is 0 Å². The van der Waals surface area contributed by atoms with Crippen molar-refractivity contribution in [2.24, 2.45) is 0 Å². The molecule has 0 amide bonds. The minimum absolute atomic E-state index is 0.867. The van der Waals surface area contributed by atoms with Gasteiger partial charge in [-0.05, 0) is 36.8 Å². The average Bonchev–Trinajstić information content (AvgIpc) is 3.06. The van der Waals surface area contributed by atoms with Crippen molar-refractivity contribution >= 4 is 0 Å². The van der Waals surface area contributed by atoms with E-state index in [4.69, 9.17) is 9.72 Å². The number of aryl methyl sites for hydroxylation is 1. The van der Waals surface area contributed by atoms with Crippen molar-refractivity contribution in [3.05, 3.63) is 59.9 Å². The maximum absolute atomic E-state index is 5.23. The number of ether oxygens (including phenoxy) is 1. The van der Waals surface area contributed by atoms with Crippen LogP contribution in [0.25, 0.3) is 22.5 Å². The molecule has 1 aliphatic rings. The minimum Gasteiger partial charge on any atom is -0.497 e. The molecule has 0 radical (unpaired) electrons. The van der Waals surface area contributed by atoms with Crippen molar-refractivity contribution in [1.82, 2.24) is 9.55 Å². The van der Waals surface area contributed by atoms with Crippen LogP contribution in [0.3, 0.4) is 0 Å². The quantitative estimate of drug-likeness (QED) is 0.555. The van der Waals surface area contributed by atoms with Crippen LogP contribution in [0.1, 0.15) is 11.4 Å². The van der Waals surface area contributed by atoms with Crippen LogP contribution in [0.4, 0.5) is 0 Å². The number of aromatic nitrogens is 2. The van der Waals surface area contributed by atoms with Gasteiger partial charge < -0.3 is 9.30 Å². The second-order valence-electron chi connectivity index (χ2n) is 5.33. The third-order valence-corrected chi connectivity index (χ3v) is 4.12. The molecule has 0 bridgehead atoms. The standard InChI is InChI=1S/C18H16N2O/c1-12-19-17(13-7-9-15(21-2)10-8-13)18-16-6-4-3-5-14(16)11-20(12)18/h3-10H,11H2,1-2H3. The lowest BCUT2D eigenvalue weighted by Gasteiger charge is -2.04. The Morgan fingerprint density at radius 1 is 1.05 bits per heavy atom. The van der Waals surface area contributed by atoms with E-state index in [-0.39, 0.29) is 0 Å². The predicted octanol–water partition coefficient (Wildman–Crippen LogP) is 3.90. The van der Waals surface area contributed by atoms with Gasteiger partial charge in [0, 0.05) is 11.1 Å². The molecule has 0 fully saturated rings. The fraction of sp³-hybridized carbons (Fsp3) is 0.167. The van der Waals surface area contributed by atoms with Crippen molar-refractivity contribution in [3.8, 4) is 28.3 Å². The van der Waals surface area contributed by atoms with Crippen LogP contribution >= 0.6 is 0 Å². The zero-order valence-corrected chi connectivity index (χ0v) is 12.1. The van der Waals surface area contributed by atoms with Gasteiger partial charge >= 0.3 is 0 Å². The monoisotopic (exact) mass is 276 g/mol. The number of imidazole rings is 1. The van der Waals surface area contributed by atoms with Crippen LogP contribution in [-0.2, 0) is 6.54 Å². The minimum atomic E-state index is 0.867. The zero-order valence-electron chi connectivity index (χ0n) is 12.1. The molecule has 0 atom stereocenters. The predicted molar refractivity (Wildman–Crippen MR) is 83.5 cm³/mol. The van der Waals surface area contributed by atoms with E-state index in [1.165, 1.54) is 16.8 Å². The first-order valence-corrected chi connectivity index (χ1v) is 7.08. The summed E-state index contributed by atoms with van der Waals surface area (Å²) in [4.78, 5) is 4.78. The Labute approximate surface area is 123 Å². The van der Waals surface area contributed by atoms with Crippen molar-refractivity contribution < 1.29 is 4.74 Å². The molecule has 21 heavy (non-hydrogen) atoms. The van der Waals surface area contributed by atoms with Gasteiger partial charge in [0.05, 0.1) is 25.0 Å². The van der Waals surface area contributed by atoms with Gasteiger partial charge in [0.1, 0.15) is 11.6 Å². The lowest BCUT2D eigenvalue weighted by Crippen LogP contribution is -1.95. The zero-order chi connectivity index (χ0) is 14.4. The van der Waals surface area contributed by atoms with Gasteiger partial charge in [-0.2, -0.15) is 0 Å². The number of hydrogen-bond donors (Lipinski definition) is 0. The van der Waals surface area contributed by atoms with E-state index in [1.807, 2.05) is 12.1 Å². The van der Waals surface area contributed by atoms with E-state index < -0.39 is 0 Å². The van der Waals surface area contributed by atoms with Crippen molar-refractivity contribution in [3.63, 3.8) is 0 Å². The molecule has 0 saturated carbocycles. The van der Waals surface area contributed by atoms with Crippen molar-refractivity contribution in [2.75, 3.05) is 7.11 Å². The van der Waals surface area contributed by atoms with Crippen molar-refractivity contribution in [2.45, 2.75) is 13.5 Å². The topological polar surface area (TPSA) is 27.1 Å². The molecule has 2 heterocycles. The van der Waals surface area contributed by atoms with E-state index >= 15 is 0 Å². The average molecular weight is 276 g/mol. The summed E-state index contributed by atoms with van der Waals surface area (Å²) in [6, 6.07) is 16.7. The highest BCUT2D eigenvalue weighted by Gasteiger charge is 2.25. The molecule has 3 heteroatoms. The summed E-state index contributed by atoms with van der Waals surface area (Å²) in [6.07, 6.45) is 0.